The molecule has 0 unspecified atom stereocenters. The zero-order valence-corrected chi connectivity index (χ0v) is 15.0. The Bertz CT molecular complexity index is 605. The SMILES string of the molecule is CC1(C)CCC(CN2CCC(=O)CC2)=C(c2ccc(Cl)cc2)C1. The van der Waals surface area contributed by atoms with Crippen molar-refractivity contribution in [2.45, 2.75) is 46.0 Å². The molecule has 1 saturated heterocycles. The van der Waals surface area contributed by atoms with E-state index in [0.717, 1.165) is 50.3 Å². The van der Waals surface area contributed by atoms with E-state index in [9.17, 15) is 4.79 Å². The maximum absolute atomic E-state index is 11.5. The Morgan fingerprint density at radius 3 is 2.39 bits per heavy atom. The molecule has 0 spiro atoms. The number of allylic oxidation sites excluding steroid dienone is 1. The topological polar surface area (TPSA) is 20.3 Å². The van der Waals surface area contributed by atoms with Gasteiger partial charge in [-0.05, 0) is 47.9 Å². The molecule has 1 aromatic rings. The monoisotopic (exact) mass is 331 g/mol. The van der Waals surface area contributed by atoms with Crippen molar-refractivity contribution in [3.8, 4) is 0 Å². The second kappa shape index (κ2) is 6.78. The molecule has 1 aliphatic carbocycles. The first-order chi connectivity index (χ1) is 10.9. The van der Waals surface area contributed by atoms with Crippen LogP contribution in [0.25, 0.3) is 5.57 Å². The van der Waals surface area contributed by atoms with Gasteiger partial charge in [0.05, 0.1) is 0 Å². The van der Waals surface area contributed by atoms with Crippen molar-refractivity contribution in [1.82, 2.24) is 4.90 Å². The van der Waals surface area contributed by atoms with E-state index < -0.39 is 0 Å². The molecule has 0 atom stereocenters. The van der Waals surface area contributed by atoms with Crippen LogP contribution in [-0.4, -0.2) is 30.3 Å². The molecule has 1 aliphatic heterocycles. The van der Waals surface area contributed by atoms with Gasteiger partial charge in [-0.1, -0.05) is 43.2 Å². The maximum Gasteiger partial charge on any atom is 0.135 e. The molecule has 3 rings (SSSR count). The summed E-state index contributed by atoms with van der Waals surface area (Å²) in [6.45, 7) is 7.57. The zero-order chi connectivity index (χ0) is 16.4. The minimum Gasteiger partial charge on any atom is -0.300 e. The second-order valence-corrected chi connectivity index (χ2v) is 8.18. The lowest BCUT2D eigenvalue weighted by Crippen LogP contribution is -2.36. The van der Waals surface area contributed by atoms with Crippen molar-refractivity contribution in [1.29, 1.82) is 0 Å². The molecule has 0 saturated carbocycles. The van der Waals surface area contributed by atoms with Crippen molar-refractivity contribution in [2.24, 2.45) is 5.41 Å². The van der Waals surface area contributed by atoms with Gasteiger partial charge in [-0.15, -0.1) is 0 Å². The van der Waals surface area contributed by atoms with E-state index in [1.54, 1.807) is 5.57 Å². The molecule has 0 N–H and O–H groups in total. The van der Waals surface area contributed by atoms with Crippen molar-refractivity contribution < 1.29 is 4.79 Å². The lowest BCUT2D eigenvalue weighted by atomic mass is 9.72. The van der Waals surface area contributed by atoms with Gasteiger partial charge in [-0.25, -0.2) is 0 Å². The molecule has 0 aromatic heterocycles. The summed E-state index contributed by atoms with van der Waals surface area (Å²) in [4.78, 5) is 13.9. The van der Waals surface area contributed by atoms with Gasteiger partial charge in [0, 0.05) is 37.5 Å². The lowest BCUT2D eigenvalue weighted by Gasteiger charge is -2.36. The summed E-state index contributed by atoms with van der Waals surface area (Å²) in [7, 11) is 0. The number of hydrogen-bond donors (Lipinski definition) is 0. The number of nitrogens with zero attached hydrogens (tertiary/aromatic N) is 1. The van der Waals surface area contributed by atoms with Crippen LogP contribution in [0.5, 0.6) is 0 Å². The quantitative estimate of drug-likeness (QED) is 0.779. The van der Waals surface area contributed by atoms with Crippen LogP contribution in [0.15, 0.2) is 29.8 Å². The zero-order valence-electron chi connectivity index (χ0n) is 14.2. The number of benzene rings is 1. The van der Waals surface area contributed by atoms with Gasteiger partial charge >= 0.3 is 0 Å². The van der Waals surface area contributed by atoms with Crippen LogP contribution < -0.4 is 0 Å². The standard InChI is InChI=1S/C20H26ClNO/c1-20(2)10-7-16(14-22-11-8-18(23)9-12-22)19(13-20)15-3-5-17(21)6-4-15/h3-6H,7-14H2,1-2H3. The van der Waals surface area contributed by atoms with Gasteiger partial charge in [0.1, 0.15) is 5.78 Å². The lowest BCUT2D eigenvalue weighted by molar-refractivity contribution is -0.121. The van der Waals surface area contributed by atoms with Crippen LogP contribution in [-0.2, 0) is 4.79 Å². The molecule has 23 heavy (non-hydrogen) atoms. The van der Waals surface area contributed by atoms with Gasteiger partial charge < -0.3 is 0 Å². The average Bonchev–Trinajstić information content (AvgIpc) is 2.52. The number of hydrogen-bond acceptors (Lipinski definition) is 2. The fraction of sp³-hybridized carbons (Fsp3) is 0.550. The molecule has 124 valence electrons. The third kappa shape index (κ3) is 4.24. The predicted molar refractivity (Wildman–Crippen MR) is 96.7 cm³/mol. The molecule has 0 radical (unpaired) electrons. The Labute approximate surface area is 144 Å². The third-order valence-corrected chi connectivity index (χ3v) is 5.46. The minimum atomic E-state index is 0.357. The second-order valence-electron chi connectivity index (χ2n) is 7.74. The number of rotatable bonds is 3. The summed E-state index contributed by atoms with van der Waals surface area (Å²) in [6.07, 6.45) is 4.96. The first-order valence-corrected chi connectivity index (χ1v) is 9.02. The van der Waals surface area contributed by atoms with E-state index in [4.69, 9.17) is 11.6 Å². The average molecular weight is 332 g/mol. The fourth-order valence-corrected chi connectivity index (χ4v) is 3.82. The first-order valence-electron chi connectivity index (χ1n) is 8.64. The van der Waals surface area contributed by atoms with Gasteiger partial charge in [0.2, 0.25) is 0 Å². The van der Waals surface area contributed by atoms with E-state index in [1.165, 1.54) is 17.6 Å². The predicted octanol–water partition coefficient (Wildman–Crippen LogP) is 4.97. The summed E-state index contributed by atoms with van der Waals surface area (Å²) in [5.41, 5.74) is 4.72. The van der Waals surface area contributed by atoms with Crippen molar-refractivity contribution in [3.05, 3.63) is 40.4 Å². The van der Waals surface area contributed by atoms with Crippen molar-refractivity contribution in [2.75, 3.05) is 19.6 Å². The number of carbonyl (C=O) groups is 1. The van der Waals surface area contributed by atoms with Crippen LogP contribution in [0.3, 0.4) is 0 Å². The minimum absolute atomic E-state index is 0.357. The highest BCUT2D eigenvalue weighted by Crippen LogP contribution is 2.43. The van der Waals surface area contributed by atoms with E-state index in [1.807, 2.05) is 12.1 Å². The number of likely N-dealkylation sites (tertiary alicyclic amines) is 1. The van der Waals surface area contributed by atoms with E-state index in [-0.39, 0.29) is 0 Å². The van der Waals surface area contributed by atoms with Crippen LogP contribution in [0, 0.1) is 5.41 Å². The Morgan fingerprint density at radius 1 is 1.09 bits per heavy atom. The number of halogens is 1. The Hall–Kier alpha value is -1.12. The van der Waals surface area contributed by atoms with Crippen molar-refractivity contribution in [3.63, 3.8) is 0 Å². The third-order valence-electron chi connectivity index (χ3n) is 5.21. The largest absolute Gasteiger partial charge is 0.300 e. The highest BCUT2D eigenvalue weighted by Gasteiger charge is 2.29. The maximum atomic E-state index is 11.5. The van der Waals surface area contributed by atoms with Gasteiger partial charge in [0.15, 0.2) is 0 Å². The fourth-order valence-electron chi connectivity index (χ4n) is 3.69. The molecule has 0 bridgehead atoms. The van der Waals surface area contributed by atoms with E-state index in [0.29, 0.717) is 11.2 Å². The van der Waals surface area contributed by atoms with Crippen LogP contribution in [0.2, 0.25) is 5.02 Å². The Kier molecular flexibility index (Phi) is 4.93. The molecule has 0 amide bonds. The summed E-state index contributed by atoms with van der Waals surface area (Å²) in [5, 5.41) is 0.792. The number of carbonyl (C=O) groups excluding carboxylic acids is 1. The summed E-state index contributed by atoms with van der Waals surface area (Å²) < 4.78 is 0. The van der Waals surface area contributed by atoms with E-state index >= 15 is 0 Å². The van der Waals surface area contributed by atoms with Crippen LogP contribution in [0.1, 0.15) is 51.5 Å². The Morgan fingerprint density at radius 2 is 1.74 bits per heavy atom. The molecule has 3 heteroatoms. The molecule has 2 aliphatic rings. The number of Topliss-reactive ketones (excluding diaryl/α,β-unsaturated/α-hetero) is 1. The molecule has 1 fully saturated rings. The summed E-state index contributed by atoms with van der Waals surface area (Å²) >= 11 is 6.06. The van der Waals surface area contributed by atoms with Gasteiger partial charge in [-0.2, -0.15) is 0 Å². The van der Waals surface area contributed by atoms with E-state index in [2.05, 4.69) is 30.9 Å². The molecule has 1 aromatic carbocycles. The number of piperidine rings is 1. The molecular formula is C20H26ClNO. The smallest absolute Gasteiger partial charge is 0.135 e. The summed E-state index contributed by atoms with van der Waals surface area (Å²) in [5.74, 6) is 0.415. The van der Waals surface area contributed by atoms with Crippen LogP contribution >= 0.6 is 11.6 Å². The summed E-state index contributed by atoms with van der Waals surface area (Å²) in [6, 6.07) is 8.28. The highest BCUT2D eigenvalue weighted by molar-refractivity contribution is 6.30. The molecule has 1 heterocycles. The Balaban J connectivity index is 1.85. The molecular weight excluding hydrogens is 306 g/mol. The van der Waals surface area contributed by atoms with Crippen molar-refractivity contribution >= 4 is 23.0 Å². The van der Waals surface area contributed by atoms with Gasteiger partial charge in [-0.3, -0.25) is 9.69 Å². The van der Waals surface area contributed by atoms with Gasteiger partial charge in [0.25, 0.3) is 0 Å². The first kappa shape index (κ1) is 16.7. The van der Waals surface area contributed by atoms with Crippen LogP contribution in [0.4, 0.5) is 0 Å². The normalized spacial score (nSPS) is 22.5. The number of ketones is 1. The molecule has 2 nitrogen and oxygen atoms in total. The highest BCUT2D eigenvalue weighted by atomic mass is 35.5.